The predicted octanol–water partition coefficient (Wildman–Crippen LogP) is 4.66. The standard InChI is InChI=1S/C19H25NO/c1-14(2)11-15-5-4-9-19(21,12-15)18-7-3-6-16-8-10-20-13-17(16)18/h3,6-8,10,13-15,21H,4-5,9,11-12H2,1-2H3. The molecule has 1 heterocycles. The quantitative estimate of drug-likeness (QED) is 0.888. The molecule has 0 saturated heterocycles. The van der Waals surface area contributed by atoms with Crippen molar-refractivity contribution in [1.82, 2.24) is 4.98 Å². The van der Waals surface area contributed by atoms with Crippen molar-refractivity contribution < 1.29 is 5.11 Å². The number of rotatable bonds is 3. The summed E-state index contributed by atoms with van der Waals surface area (Å²) in [4.78, 5) is 4.26. The highest BCUT2D eigenvalue weighted by atomic mass is 16.3. The van der Waals surface area contributed by atoms with Crippen molar-refractivity contribution in [3.05, 3.63) is 42.2 Å². The molecule has 1 N–H and O–H groups in total. The molecule has 1 aliphatic rings. The molecule has 0 amide bonds. The SMILES string of the molecule is CC(C)CC1CCCC(O)(c2cccc3ccncc23)C1. The van der Waals surface area contributed by atoms with Crippen LogP contribution in [0.25, 0.3) is 10.8 Å². The van der Waals surface area contributed by atoms with Gasteiger partial charge in [0.2, 0.25) is 0 Å². The lowest BCUT2D eigenvalue weighted by Crippen LogP contribution is -2.33. The van der Waals surface area contributed by atoms with Crippen LogP contribution in [0.1, 0.15) is 51.5 Å². The highest BCUT2D eigenvalue weighted by Crippen LogP contribution is 2.43. The lowest BCUT2D eigenvalue weighted by molar-refractivity contribution is -0.0232. The first-order chi connectivity index (χ1) is 10.1. The Morgan fingerprint density at radius 1 is 1.33 bits per heavy atom. The topological polar surface area (TPSA) is 33.1 Å². The Balaban J connectivity index is 1.96. The van der Waals surface area contributed by atoms with Gasteiger partial charge in [0.25, 0.3) is 0 Å². The van der Waals surface area contributed by atoms with Crippen LogP contribution in [-0.4, -0.2) is 10.1 Å². The average molecular weight is 283 g/mol. The summed E-state index contributed by atoms with van der Waals surface area (Å²) in [5, 5.41) is 13.6. The second-order valence-corrected chi connectivity index (χ2v) is 7.03. The summed E-state index contributed by atoms with van der Waals surface area (Å²) in [7, 11) is 0. The van der Waals surface area contributed by atoms with Gasteiger partial charge in [-0.25, -0.2) is 0 Å². The molecule has 1 aliphatic carbocycles. The summed E-state index contributed by atoms with van der Waals surface area (Å²) < 4.78 is 0. The Morgan fingerprint density at radius 2 is 2.19 bits per heavy atom. The van der Waals surface area contributed by atoms with Crippen LogP contribution >= 0.6 is 0 Å². The first kappa shape index (κ1) is 14.5. The van der Waals surface area contributed by atoms with Crippen molar-refractivity contribution in [2.75, 3.05) is 0 Å². The smallest absolute Gasteiger partial charge is 0.0905 e. The van der Waals surface area contributed by atoms with E-state index in [0.717, 1.165) is 30.2 Å². The minimum absolute atomic E-state index is 0.635. The van der Waals surface area contributed by atoms with Gasteiger partial charge in [0.1, 0.15) is 0 Å². The third kappa shape index (κ3) is 2.96. The number of nitrogens with zero attached hydrogens (tertiary/aromatic N) is 1. The summed E-state index contributed by atoms with van der Waals surface area (Å²) in [6.07, 6.45) is 9.06. The van der Waals surface area contributed by atoms with Gasteiger partial charge in [0.05, 0.1) is 5.60 Å². The molecule has 0 radical (unpaired) electrons. The molecule has 2 heteroatoms. The van der Waals surface area contributed by atoms with Crippen LogP contribution in [-0.2, 0) is 5.60 Å². The first-order valence-electron chi connectivity index (χ1n) is 8.14. The minimum atomic E-state index is -0.680. The third-order valence-corrected chi connectivity index (χ3v) is 4.82. The summed E-state index contributed by atoms with van der Waals surface area (Å²) in [6.45, 7) is 4.55. The first-order valence-corrected chi connectivity index (χ1v) is 8.14. The molecule has 112 valence electrons. The maximum Gasteiger partial charge on any atom is 0.0905 e. The largest absolute Gasteiger partial charge is 0.385 e. The van der Waals surface area contributed by atoms with E-state index in [0.29, 0.717) is 11.8 Å². The van der Waals surface area contributed by atoms with Gasteiger partial charge in [-0.2, -0.15) is 0 Å². The number of benzene rings is 1. The second kappa shape index (κ2) is 5.76. The average Bonchev–Trinajstić information content (AvgIpc) is 2.46. The van der Waals surface area contributed by atoms with Gasteiger partial charge in [0.15, 0.2) is 0 Å². The van der Waals surface area contributed by atoms with Gasteiger partial charge >= 0.3 is 0 Å². The highest BCUT2D eigenvalue weighted by molar-refractivity contribution is 5.85. The molecule has 2 atom stereocenters. The van der Waals surface area contributed by atoms with Crippen LogP contribution in [0.5, 0.6) is 0 Å². The Kier molecular flexibility index (Phi) is 3.99. The van der Waals surface area contributed by atoms with Crippen LogP contribution < -0.4 is 0 Å². The van der Waals surface area contributed by atoms with E-state index in [-0.39, 0.29) is 0 Å². The van der Waals surface area contributed by atoms with Crippen LogP contribution in [0.3, 0.4) is 0 Å². The van der Waals surface area contributed by atoms with E-state index in [1.165, 1.54) is 18.2 Å². The zero-order valence-corrected chi connectivity index (χ0v) is 13.0. The molecule has 1 fully saturated rings. The fraction of sp³-hybridized carbons (Fsp3) is 0.526. The molecular formula is C19H25NO. The van der Waals surface area contributed by atoms with Crippen molar-refractivity contribution in [1.29, 1.82) is 0 Å². The summed E-state index contributed by atoms with van der Waals surface area (Å²) in [6, 6.07) is 8.26. The van der Waals surface area contributed by atoms with Crippen molar-refractivity contribution in [2.24, 2.45) is 11.8 Å². The third-order valence-electron chi connectivity index (χ3n) is 4.82. The van der Waals surface area contributed by atoms with Gasteiger partial charge in [-0.05, 0) is 54.5 Å². The van der Waals surface area contributed by atoms with Gasteiger partial charge < -0.3 is 5.11 Å². The van der Waals surface area contributed by atoms with E-state index < -0.39 is 5.60 Å². The summed E-state index contributed by atoms with van der Waals surface area (Å²) >= 11 is 0. The highest BCUT2D eigenvalue weighted by Gasteiger charge is 2.36. The van der Waals surface area contributed by atoms with Crippen molar-refractivity contribution in [3.63, 3.8) is 0 Å². The molecule has 1 aromatic carbocycles. The molecular weight excluding hydrogens is 258 g/mol. The van der Waals surface area contributed by atoms with E-state index >= 15 is 0 Å². The Labute approximate surface area is 127 Å². The van der Waals surface area contributed by atoms with E-state index in [1.807, 2.05) is 18.5 Å². The number of hydrogen-bond donors (Lipinski definition) is 1. The molecule has 21 heavy (non-hydrogen) atoms. The maximum absolute atomic E-state index is 11.3. The van der Waals surface area contributed by atoms with E-state index in [9.17, 15) is 5.11 Å². The second-order valence-electron chi connectivity index (χ2n) is 7.03. The molecule has 0 bridgehead atoms. The lowest BCUT2D eigenvalue weighted by atomic mass is 9.71. The zero-order chi connectivity index (χ0) is 14.9. The van der Waals surface area contributed by atoms with Gasteiger partial charge in [-0.1, -0.05) is 38.5 Å². The Hall–Kier alpha value is -1.41. The molecule has 2 aromatic rings. The van der Waals surface area contributed by atoms with Crippen molar-refractivity contribution in [2.45, 2.75) is 51.6 Å². The molecule has 1 saturated carbocycles. The Bertz CT molecular complexity index is 616. The number of aliphatic hydroxyl groups is 1. The summed E-state index contributed by atoms with van der Waals surface area (Å²) in [5.41, 5.74) is 0.391. The fourth-order valence-electron chi connectivity index (χ4n) is 4.00. The molecule has 2 unspecified atom stereocenters. The van der Waals surface area contributed by atoms with Crippen LogP contribution in [0.2, 0.25) is 0 Å². The fourth-order valence-corrected chi connectivity index (χ4v) is 4.00. The monoisotopic (exact) mass is 283 g/mol. The Morgan fingerprint density at radius 3 is 3.00 bits per heavy atom. The molecule has 1 aromatic heterocycles. The van der Waals surface area contributed by atoms with Gasteiger partial charge in [0, 0.05) is 17.8 Å². The number of pyridine rings is 1. The minimum Gasteiger partial charge on any atom is -0.385 e. The van der Waals surface area contributed by atoms with Gasteiger partial charge in [-0.15, -0.1) is 0 Å². The normalized spacial score (nSPS) is 26.4. The maximum atomic E-state index is 11.3. The molecule has 2 nitrogen and oxygen atoms in total. The van der Waals surface area contributed by atoms with E-state index in [2.05, 4.69) is 37.0 Å². The molecule has 3 rings (SSSR count). The van der Waals surface area contributed by atoms with Crippen LogP contribution in [0, 0.1) is 11.8 Å². The summed E-state index contributed by atoms with van der Waals surface area (Å²) in [5.74, 6) is 1.34. The predicted molar refractivity (Wildman–Crippen MR) is 87.1 cm³/mol. The van der Waals surface area contributed by atoms with Crippen molar-refractivity contribution >= 4 is 10.8 Å². The van der Waals surface area contributed by atoms with Crippen molar-refractivity contribution in [3.8, 4) is 0 Å². The molecule has 0 spiro atoms. The lowest BCUT2D eigenvalue weighted by Gasteiger charge is -2.38. The number of hydrogen-bond acceptors (Lipinski definition) is 2. The van der Waals surface area contributed by atoms with E-state index in [1.54, 1.807) is 0 Å². The van der Waals surface area contributed by atoms with Gasteiger partial charge in [-0.3, -0.25) is 4.98 Å². The van der Waals surface area contributed by atoms with Crippen LogP contribution in [0.4, 0.5) is 0 Å². The number of aromatic nitrogens is 1. The number of fused-ring (bicyclic) bond motifs is 1. The van der Waals surface area contributed by atoms with Crippen LogP contribution in [0.15, 0.2) is 36.7 Å². The zero-order valence-electron chi connectivity index (χ0n) is 13.0. The van der Waals surface area contributed by atoms with E-state index in [4.69, 9.17) is 0 Å². The molecule has 0 aliphatic heterocycles.